The molecule has 0 aliphatic carbocycles. The predicted molar refractivity (Wildman–Crippen MR) is 156 cm³/mol. The van der Waals surface area contributed by atoms with Gasteiger partial charge in [-0.2, -0.15) is 0 Å². The summed E-state index contributed by atoms with van der Waals surface area (Å²) < 4.78 is 24.3. The zero-order chi connectivity index (χ0) is 28.8. The van der Waals surface area contributed by atoms with E-state index in [4.69, 9.17) is 18.9 Å². The van der Waals surface area contributed by atoms with Gasteiger partial charge in [0.2, 0.25) is 0 Å². The van der Waals surface area contributed by atoms with Gasteiger partial charge in [0.1, 0.15) is 5.75 Å². The lowest BCUT2D eigenvalue weighted by Crippen LogP contribution is -2.40. The molecule has 0 spiro atoms. The summed E-state index contributed by atoms with van der Waals surface area (Å²) in [5, 5.41) is 0. The van der Waals surface area contributed by atoms with Crippen molar-refractivity contribution in [2.45, 2.75) is 46.6 Å². The third kappa shape index (κ3) is 6.31. The maximum atomic E-state index is 13.9. The molecule has 1 aliphatic heterocycles. The van der Waals surface area contributed by atoms with Gasteiger partial charge >= 0.3 is 5.97 Å². The Morgan fingerprint density at radius 1 is 1.10 bits per heavy atom. The van der Waals surface area contributed by atoms with Gasteiger partial charge in [-0.3, -0.25) is 9.36 Å². The number of carbonyl (C=O) groups excluding carboxylic acids is 1. The highest BCUT2D eigenvalue weighted by atomic mass is 32.1. The molecule has 3 aromatic rings. The zero-order valence-corrected chi connectivity index (χ0v) is 24.7. The van der Waals surface area contributed by atoms with Crippen molar-refractivity contribution in [3.63, 3.8) is 0 Å². The van der Waals surface area contributed by atoms with Crippen LogP contribution in [0.3, 0.4) is 0 Å². The van der Waals surface area contributed by atoms with Gasteiger partial charge in [0, 0.05) is 0 Å². The molecule has 40 heavy (non-hydrogen) atoms. The monoisotopic (exact) mass is 564 g/mol. The van der Waals surface area contributed by atoms with Crippen molar-refractivity contribution in [3.8, 4) is 17.2 Å². The van der Waals surface area contributed by atoms with E-state index in [0.29, 0.717) is 38.7 Å². The fourth-order valence-corrected chi connectivity index (χ4v) is 5.44. The van der Waals surface area contributed by atoms with E-state index in [1.165, 1.54) is 11.3 Å². The predicted octanol–water partition coefficient (Wildman–Crippen LogP) is 4.63. The minimum atomic E-state index is -0.687. The molecule has 0 amide bonds. The lowest BCUT2D eigenvalue weighted by molar-refractivity contribution is -0.140. The fourth-order valence-electron chi connectivity index (χ4n) is 4.39. The van der Waals surface area contributed by atoms with Crippen LogP contribution in [0.5, 0.6) is 17.2 Å². The number of ether oxygens (including phenoxy) is 4. The van der Waals surface area contributed by atoms with E-state index in [2.05, 4.69) is 11.9 Å². The van der Waals surface area contributed by atoms with Crippen molar-refractivity contribution < 1.29 is 23.7 Å². The molecule has 0 N–H and O–H groups in total. The van der Waals surface area contributed by atoms with E-state index in [1.54, 1.807) is 37.9 Å². The van der Waals surface area contributed by atoms with Crippen LogP contribution >= 0.6 is 11.3 Å². The molecule has 8 nitrogen and oxygen atoms in total. The number of hydrogen-bond donors (Lipinski definition) is 0. The molecule has 1 aromatic heterocycles. The second kappa shape index (κ2) is 13.0. The molecule has 0 fully saturated rings. The first-order chi connectivity index (χ1) is 19.3. The molecule has 0 saturated heterocycles. The van der Waals surface area contributed by atoms with Gasteiger partial charge in [0.15, 0.2) is 16.3 Å². The van der Waals surface area contributed by atoms with E-state index in [9.17, 15) is 9.59 Å². The van der Waals surface area contributed by atoms with Crippen molar-refractivity contribution in [2.75, 3.05) is 27.4 Å². The summed E-state index contributed by atoms with van der Waals surface area (Å²) in [6.07, 6.45) is 3.80. The number of aromatic nitrogens is 1. The Labute approximate surface area is 238 Å². The van der Waals surface area contributed by atoms with Crippen LogP contribution in [-0.4, -0.2) is 38.0 Å². The third-order valence-electron chi connectivity index (χ3n) is 6.46. The molecule has 0 saturated carbocycles. The topological polar surface area (TPSA) is 88.4 Å². The number of rotatable bonds is 11. The molecule has 1 atom stereocenters. The van der Waals surface area contributed by atoms with Crippen LogP contribution in [0.25, 0.3) is 6.08 Å². The van der Waals surface area contributed by atoms with E-state index in [1.807, 2.05) is 50.2 Å². The first-order valence-corrected chi connectivity index (χ1v) is 14.2. The lowest BCUT2D eigenvalue weighted by atomic mass is 9.96. The molecule has 0 radical (unpaired) electrons. The zero-order valence-electron chi connectivity index (χ0n) is 23.9. The van der Waals surface area contributed by atoms with Gasteiger partial charge in [0.25, 0.3) is 5.56 Å². The Morgan fingerprint density at radius 2 is 1.82 bits per heavy atom. The van der Waals surface area contributed by atoms with Crippen molar-refractivity contribution in [2.24, 2.45) is 10.9 Å². The summed E-state index contributed by atoms with van der Waals surface area (Å²) >= 11 is 1.28. The van der Waals surface area contributed by atoms with Gasteiger partial charge in [-0.05, 0) is 60.7 Å². The Balaban J connectivity index is 1.82. The van der Waals surface area contributed by atoms with Crippen LogP contribution in [0.1, 0.15) is 57.7 Å². The number of unbranched alkanes of at least 4 members (excludes halogenated alkanes) is 1. The van der Waals surface area contributed by atoms with Gasteiger partial charge in [-0.1, -0.05) is 56.7 Å². The lowest BCUT2D eigenvalue weighted by Gasteiger charge is -2.25. The van der Waals surface area contributed by atoms with Crippen LogP contribution in [-0.2, 0) is 9.53 Å². The molecule has 0 bridgehead atoms. The minimum absolute atomic E-state index is 0.172. The molecular formula is C31H36N2O6S. The smallest absolute Gasteiger partial charge is 0.338 e. The molecule has 2 aromatic carbocycles. The number of benzene rings is 2. The Bertz CT molecular complexity index is 1570. The number of esters is 1. The van der Waals surface area contributed by atoms with Crippen molar-refractivity contribution in [3.05, 3.63) is 84.5 Å². The largest absolute Gasteiger partial charge is 0.494 e. The first-order valence-electron chi connectivity index (χ1n) is 13.4. The molecule has 1 aliphatic rings. The van der Waals surface area contributed by atoms with Crippen molar-refractivity contribution in [1.82, 2.24) is 4.57 Å². The molecular weight excluding hydrogens is 528 g/mol. The van der Waals surface area contributed by atoms with Gasteiger partial charge in [-0.25, -0.2) is 9.79 Å². The standard InChI is InChI=1S/C31H36N2O6S/c1-7-8-15-38-23-12-10-22(11-13-23)28-27(30(35)39-18-19(2)3)20(4)32-31-33(28)29(34)26(40-31)17-21-9-14-24(36-5)25(16-21)37-6/h9-14,16-17,19,28H,7-8,15,18H2,1-6H3. The number of thiazole rings is 1. The van der Waals surface area contributed by atoms with Crippen molar-refractivity contribution >= 4 is 23.4 Å². The van der Waals surface area contributed by atoms with Gasteiger partial charge in [-0.15, -0.1) is 0 Å². The average Bonchev–Trinajstić information content (AvgIpc) is 3.25. The summed E-state index contributed by atoms with van der Waals surface area (Å²) in [5.41, 5.74) is 2.19. The second-order valence-corrected chi connectivity index (χ2v) is 11.0. The third-order valence-corrected chi connectivity index (χ3v) is 7.44. The Hall–Kier alpha value is -3.85. The highest BCUT2D eigenvalue weighted by Crippen LogP contribution is 2.32. The molecule has 4 rings (SSSR count). The van der Waals surface area contributed by atoms with E-state index >= 15 is 0 Å². The highest BCUT2D eigenvalue weighted by Gasteiger charge is 2.33. The maximum absolute atomic E-state index is 13.9. The average molecular weight is 565 g/mol. The van der Waals surface area contributed by atoms with Crippen LogP contribution < -0.4 is 29.1 Å². The SMILES string of the molecule is CCCCOc1ccc(C2C(C(=O)OCC(C)C)=C(C)N=c3sc(=Cc4ccc(OC)c(OC)c4)c(=O)n32)cc1. The van der Waals surface area contributed by atoms with E-state index in [-0.39, 0.29) is 18.1 Å². The van der Waals surface area contributed by atoms with Crippen molar-refractivity contribution in [1.29, 1.82) is 0 Å². The number of hydrogen-bond acceptors (Lipinski definition) is 8. The summed E-state index contributed by atoms with van der Waals surface area (Å²) in [6.45, 7) is 8.76. The number of methoxy groups -OCH3 is 2. The van der Waals surface area contributed by atoms with Crippen LogP contribution in [0.15, 0.2) is 63.5 Å². The number of allylic oxidation sites excluding steroid dienone is 1. The molecule has 2 heterocycles. The molecule has 1 unspecified atom stereocenters. The van der Waals surface area contributed by atoms with Crippen LogP contribution in [0.4, 0.5) is 0 Å². The van der Waals surface area contributed by atoms with Crippen LogP contribution in [0.2, 0.25) is 0 Å². The normalized spacial score (nSPS) is 15.1. The minimum Gasteiger partial charge on any atom is -0.494 e. The maximum Gasteiger partial charge on any atom is 0.338 e. The van der Waals surface area contributed by atoms with E-state index in [0.717, 1.165) is 29.7 Å². The van der Waals surface area contributed by atoms with Gasteiger partial charge in [0.05, 0.1) is 49.3 Å². The fraction of sp³-hybridized carbons (Fsp3) is 0.387. The summed E-state index contributed by atoms with van der Waals surface area (Å²) in [5.74, 6) is 1.60. The summed E-state index contributed by atoms with van der Waals surface area (Å²) in [7, 11) is 3.14. The quantitative estimate of drug-likeness (QED) is 0.249. The molecule has 9 heteroatoms. The molecule has 212 valence electrons. The Kier molecular flexibility index (Phi) is 9.47. The first kappa shape index (κ1) is 29.1. The number of nitrogens with zero attached hydrogens (tertiary/aromatic N) is 2. The van der Waals surface area contributed by atoms with Gasteiger partial charge < -0.3 is 18.9 Å². The van der Waals surface area contributed by atoms with Crippen LogP contribution in [0, 0.1) is 5.92 Å². The highest BCUT2D eigenvalue weighted by molar-refractivity contribution is 7.07. The second-order valence-electron chi connectivity index (χ2n) is 9.96. The summed E-state index contributed by atoms with van der Waals surface area (Å²) in [4.78, 5) is 32.5. The van der Waals surface area contributed by atoms with E-state index < -0.39 is 12.0 Å². The number of carbonyl (C=O) groups is 1. The number of fused-ring (bicyclic) bond motifs is 1. The summed E-state index contributed by atoms with van der Waals surface area (Å²) in [6, 6.07) is 12.3. The Morgan fingerprint density at radius 3 is 2.48 bits per heavy atom.